The highest BCUT2D eigenvalue weighted by atomic mass is 35.5. The maximum Gasteiger partial charge on any atom is 0.323 e. The van der Waals surface area contributed by atoms with Gasteiger partial charge in [0.1, 0.15) is 11.4 Å². The zero-order chi connectivity index (χ0) is 17.9. The van der Waals surface area contributed by atoms with Crippen molar-refractivity contribution in [2.24, 2.45) is 0 Å². The largest absolute Gasteiger partial charge is 0.357 e. The maximum absolute atomic E-state index is 7.16. The first-order valence-corrected chi connectivity index (χ1v) is 8.12. The van der Waals surface area contributed by atoms with E-state index in [4.69, 9.17) is 18.2 Å². The van der Waals surface area contributed by atoms with Crippen LogP contribution in [0.15, 0.2) is 55.1 Å². The molecule has 0 saturated heterocycles. The Morgan fingerprint density at radius 3 is 2.85 bits per heavy atom. The normalized spacial score (nSPS) is 10.6. The molecule has 0 atom stereocenters. The highest BCUT2D eigenvalue weighted by Crippen LogP contribution is 2.28. The molecule has 126 valence electrons. The Morgan fingerprint density at radius 2 is 2.00 bits per heavy atom. The molecular weight excluding hydrogens is 350 g/mol. The molecule has 3 aromatic heterocycles. The van der Waals surface area contributed by atoms with Gasteiger partial charge in [-0.3, -0.25) is 4.98 Å². The van der Waals surface area contributed by atoms with Crippen LogP contribution in [0.3, 0.4) is 0 Å². The molecule has 7 nitrogen and oxygen atoms in total. The van der Waals surface area contributed by atoms with Crippen molar-refractivity contribution in [3.63, 3.8) is 0 Å². The van der Waals surface area contributed by atoms with E-state index in [0.29, 0.717) is 17.9 Å². The molecular formula is C18H12ClN7. The smallest absolute Gasteiger partial charge is 0.323 e. The van der Waals surface area contributed by atoms with E-state index in [1.807, 2.05) is 41.1 Å². The van der Waals surface area contributed by atoms with E-state index < -0.39 is 0 Å². The van der Waals surface area contributed by atoms with Gasteiger partial charge in [-0.25, -0.2) is 4.98 Å². The molecule has 0 aliphatic heterocycles. The molecule has 0 saturated carbocycles. The lowest BCUT2D eigenvalue weighted by molar-refractivity contribution is 0.798. The third kappa shape index (κ3) is 3.06. The van der Waals surface area contributed by atoms with Crippen molar-refractivity contribution in [1.82, 2.24) is 29.9 Å². The van der Waals surface area contributed by atoms with Gasteiger partial charge < -0.3 is 9.41 Å². The van der Waals surface area contributed by atoms with Gasteiger partial charge in [0.2, 0.25) is 0 Å². The summed E-state index contributed by atoms with van der Waals surface area (Å²) in [4.78, 5) is 12.2. The Kier molecular flexibility index (Phi) is 4.17. The van der Waals surface area contributed by atoms with Gasteiger partial charge >= 0.3 is 5.82 Å². The molecule has 0 unspecified atom stereocenters. The average Bonchev–Trinajstić information content (AvgIpc) is 3.33. The molecule has 26 heavy (non-hydrogen) atoms. The molecule has 0 spiro atoms. The lowest BCUT2D eigenvalue weighted by Crippen LogP contribution is -1.96. The predicted molar refractivity (Wildman–Crippen MR) is 97.7 cm³/mol. The number of pyridine rings is 1. The molecule has 0 aliphatic rings. The van der Waals surface area contributed by atoms with Crippen molar-refractivity contribution in [2.45, 2.75) is 6.54 Å². The molecule has 0 radical (unpaired) electrons. The first-order valence-electron chi connectivity index (χ1n) is 7.75. The molecule has 8 heteroatoms. The second kappa shape index (κ2) is 6.78. The van der Waals surface area contributed by atoms with Gasteiger partial charge in [0, 0.05) is 24.0 Å². The van der Waals surface area contributed by atoms with Crippen LogP contribution in [-0.4, -0.2) is 29.9 Å². The Labute approximate surface area is 154 Å². The van der Waals surface area contributed by atoms with E-state index >= 15 is 0 Å². The number of imidazole rings is 1. The molecule has 1 N–H and O–H groups in total. The number of benzene rings is 1. The van der Waals surface area contributed by atoms with Gasteiger partial charge in [-0.05, 0) is 34.4 Å². The Balaban J connectivity index is 1.63. The summed E-state index contributed by atoms with van der Waals surface area (Å²) in [5, 5.41) is 11.1. The quantitative estimate of drug-likeness (QED) is 0.558. The maximum atomic E-state index is 7.16. The summed E-state index contributed by atoms with van der Waals surface area (Å²) in [6.45, 7) is 7.78. The number of hydrogen-bond donors (Lipinski definition) is 1. The molecule has 0 fully saturated rings. The van der Waals surface area contributed by atoms with Crippen molar-refractivity contribution < 1.29 is 0 Å². The predicted octanol–water partition coefficient (Wildman–Crippen LogP) is 3.98. The zero-order valence-electron chi connectivity index (χ0n) is 13.5. The molecule has 0 aliphatic carbocycles. The molecule has 0 bridgehead atoms. The van der Waals surface area contributed by atoms with Crippen LogP contribution in [0, 0.1) is 6.57 Å². The van der Waals surface area contributed by atoms with Crippen LogP contribution >= 0.6 is 11.6 Å². The molecule has 4 aromatic rings. The molecule has 4 rings (SSSR count). The van der Waals surface area contributed by atoms with Gasteiger partial charge in [-0.2, -0.15) is 0 Å². The van der Waals surface area contributed by atoms with E-state index in [1.165, 1.54) is 0 Å². The summed E-state index contributed by atoms with van der Waals surface area (Å²) < 4.78 is 1.95. The van der Waals surface area contributed by atoms with Crippen molar-refractivity contribution in [3.05, 3.63) is 77.1 Å². The fourth-order valence-electron chi connectivity index (χ4n) is 2.62. The first-order chi connectivity index (χ1) is 12.7. The number of H-pyrrole nitrogens is 1. The highest BCUT2D eigenvalue weighted by molar-refractivity contribution is 6.31. The minimum absolute atomic E-state index is 0.228. The monoisotopic (exact) mass is 361 g/mol. The number of hydrogen-bond acceptors (Lipinski definition) is 4. The van der Waals surface area contributed by atoms with Crippen LogP contribution < -0.4 is 0 Å². The van der Waals surface area contributed by atoms with Crippen molar-refractivity contribution >= 4 is 17.4 Å². The van der Waals surface area contributed by atoms with Gasteiger partial charge in [-0.1, -0.05) is 36.4 Å². The van der Waals surface area contributed by atoms with E-state index in [-0.39, 0.29) is 5.82 Å². The molecule has 3 heterocycles. The highest BCUT2D eigenvalue weighted by Gasteiger charge is 2.13. The lowest BCUT2D eigenvalue weighted by Gasteiger charge is -2.04. The number of nitrogens with zero attached hydrogens (tertiary/aromatic N) is 6. The average molecular weight is 362 g/mol. The number of halogens is 1. The second-order valence-corrected chi connectivity index (χ2v) is 5.97. The van der Waals surface area contributed by atoms with Gasteiger partial charge in [-0.15, -0.1) is 10.3 Å². The van der Waals surface area contributed by atoms with E-state index in [1.54, 1.807) is 18.6 Å². The van der Waals surface area contributed by atoms with Gasteiger partial charge in [0.25, 0.3) is 0 Å². The van der Waals surface area contributed by atoms with E-state index in [9.17, 15) is 0 Å². The third-order valence-corrected chi connectivity index (χ3v) is 4.24. The van der Waals surface area contributed by atoms with Crippen molar-refractivity contribution in [1.29, 1.82) is 0 Å². The zero-order valence-corrected chi connectivity index (χ0v) is 14.2. The number of aromatic nitrogens is 6. The summed E-state index contributed by atoms with van der Waals surface area (Å²) >= 11 is 6.22. The fraction of sp³-hybridized carbons (Fsp3) is 0.0556. The fourth-order valence-corrected chi connectivity index (χ4v) is 2.81. The van der Waals surface area contributed by atoms with Crippen molar-refractivity contribution in [3.8, 4) is 22.6 Å². The number of aromatic amines is 1. The van der Waals surface area contributed by atoms with E-state index in [0.717, 1.165) is 21.8 Å². The van der Waals surface area contributed by atoms with Crippen LogP contribution in [0.5, 0.6) is 0 Å². The Morgan fingerprint density at radius 1 is 1.12 bits per heavy atom. The van der Waals surface area contributed by atoms with Gasteiger partial charge in [0.15, 0.2) is 0 Å². The summed E-state index contributed by atoms with van der Waals surface area (Å²) in [5.74, 6) is 0.228. The number of rotatable bonds is 4. The van der Waals surface area contributed by atoms with Crippen molar-refractivity contribution in [2.75, 3.05) is 0 Å². The third-order valence-electron chi connectivity index (χ3n) is 3.88. The summed E-state index contributed by atoms with van der Waals surface area (Å²) in [5.41, 5.74) is 3.70. The van der Waals surface area contributed by atoms with Crippen LogP contribution in [0.2, 0.25) is 5.02 Å². The van der Waals surface area contributed by atoms with Crippen LogP contribution in [0.1, 0.15) is 5.56 Å². The minimum Gasteiger partial charge on any atom is -0.357 e. The topological polar surface area (TPSA) is 76.6 Å². The van der Waals surface area contributed by atoms with Gasteiger partial charge in [0.05, 0.1) is 12.0 Å². The summed E-state index contributed by atoms with van der Waals surface area (Å²) in [7, 11) is 0. The molecule has 0 amide bonds. The van der Waals surface area contributed by atoms with Crippen LogP contribution in [-0.2, 0) is 6.54 Å². The summed E-state index contributed by atoms with van der Waals surface area (Å²) in [6.07, 6.45) is 5.32. The number of nitrogens with one attached hydrogen (secondary N) is 1. The van der Waals surface area contributed by atoms with Crippen LogP contribution in [0.4, 0.5) is 5.82 Å². The standard InChI is InChI=1S/C18H12ClN7/c1-20-18-17(23-25-24-18)12-6-7-21-15(8-12)16-10-26(11-22-16)9-13-4-2-3-5-14(13)19/h2-8,10-11H,9H2,(H,23,24,25). The second-order valence-electron chi connectivity index (χ2n) is 5.56. The van der Waals surface area contributed by atoms with E-state index in [2.05, 4.69) is 30.2 Å². The first kappa shape index (κ1) is 16.0. The summed E-state index contributed by atoms with van der Waals surface area (Å²) in [6, 6.07) is 11.3. The lowest BCUT2D eigenvalue weighted by atomic mass is 10.1. The van der Waals surface area contributed by atoms with Crippen LogP contribution in [0.25, 0.3) is 27.5 Å². The minimum atomic E-state index is 0.228. The SMILES string of the molecule is [C-]#[N+]c1n[nH]nc1-c1ccnc(-c2cn(Cc3ccccc3Cl)cn2)c1. The Hall–Kier alpha value is -3.50. The molecule has 1 aromatic carbocycles. The Bertz CT molecular complexity index is 1110.